The smallest absolute Gasteiger partial charge is 0.316 e. The third-order valence-electron chi connectivity index (χ3n) is 4.52. The number of aromatic nitrogens is 2. The first kappa shape index (κ1) is 19.5. The number of hydrogen-bond donors (Lipinski definition) is 1. The minimum atomic E-state index is -0.467. The Hall–Kier alpha value is -3.77. The van der Waals surface area contributed by atoms with Crippen LogP contribution in [0.2, 0.25) is 5.02 Å². The molecule has 3 aromatic carbocycles. The first-order chi connectivity index (χ1) is 14.6. The summed E-state index contributed by atoms with van der Waals surface area (Å²) in [6.07, 6.45) is 1.38. The third kappa shape index (κ3) is 3.86. The number of benzene rings is 3. The molecule has 0 aliphatic carbocycles. The molecule has 1 aromatic heterocycles. The van der Waals surface area contributed by atoms with Crippen molar-refractivity contribution in [2.45, 2.75) is 0 Å². The number of para-hydroxylation sites is 1. The number of methoxy groups -OCH3 is 1. The number of nitrogen functional groups attached to an aromatic ring is 1. The van der Waals surface area contributed by atoms with Crippen LogP contribution in [-0.4, -0.2) is 16.9 Å². The number of hydrogen-bond acceptors (Lipinski definition) is 5. The van der Waals surface area contributed by atoms with Gasteiger partial charge >= 0.3 is 5.56 Å². The molecule has 0 fully saturated rings. The number of rotatable bonds is 5. The lowest BCUT2D eigenvalue weighted by Gasteiger charge is -2.12. The Morgan fingerprint density at radius 3 is 2.37 bits per heavy atom. The zero-order chi connectivity index (χ0) is 21.1. The lowest BCUT2D eigenvalue weighted by Crippen LogP contribution is -2.23. The van der Waals surface area contributed by atoms with E-state index < -0.39 is 5.56 Å². The number of nitrogens with two attached hydrogens (primary N) is 1. The highest BCUT2D eigenvalue weighted by atomic mass is 35.5. The maximum Gasteiger partial charge on any atom is 0.316 e. The summed E-state index contributed by atoms with van der Waals surface area (Å²) in [5, 5.41) is 4.66. The molecule has 2 N–H and O–H groups in total. The molecule has 0 atom stereocenters. The van der Waals surface area contributed by atoms with Crippen LogP contribution in [0.5, 0.6) is 17.2 Å². The molecule has 0 unspecified atom stereocenters. The molecule has 0 bridgehead atoms. The molecule has 6 nitrogen and oxygen atoms in total. The lowest BCUT2D eigenvalue weighted by molar-refractivity contribution is 0.416. The van der Waals surface area contributed by atoms with Gasteiger partial charge in [-0.15, -0.1) is 0 Å². The standard InChI is InChI=1S/C23H18ClN3O3/c1-29-21-5-3-2-4-19(21)15-6-12-18(13-7-15)30-22-20(25)14-26-27(23(22)28)17-10-8-16(24)9-11-17/h2-14H,25H2,1H3. The second-order valence-electron chi connectivity index (χ2n) is 6.45. The van der Waals surface area contributed by atoms with Gasteiger partial charge in [-0.1, -0.05) is 41.9 Å². The van der Waals surface area contributed by atoms with Gasteiger partial charge in [0, 0.05) is 10.6 Å². The van der Waals surface area contributed by atoms with Crippen molar-refractivity contribution >= 4 is 17.3 Å². The SMILES string of the molecule is COc1ccccc1-c1ccc(Oc2c(N)cnn(-c3ccc(Cl)cc3)c2=O)cc1. The molecule has 0 aliphatic rings. The van der Waals surface area contributed by atoms with E-state index in [9.17, 15) is 4.79 Å². The van der Waals surface area contributed by atoms with Gasteiger partial charge < -0.3 is 15.2 Å². The predicted octanol–water partition coefficient (Wildman–Crippen LogP) is 4.94. The van der Waals surface area contributed by atoms with Gasteiger partial charge in [-0.25, -0.2) is 0 Å². The maximum atomic E-state index is 12.9. The largest absolute Gasteiger partial charge is 0.496 e. The quantitative estimate of drug-likeness (QED) is 0.495. The third-order valence-corrected chi connectivity index (χ3v) is 4.78. The van der Waals surface area contributed by atoms with E-state index in [2.05, 4.69) is 5.10 Å². The van der Waals surface area contributed by atoms with Gasteiger partial charge in [0.1, 0.15) is 17.2 Å². The van der Waals surface area contributed by atoms with Crippen molar-refractivity contribution in [1.82, 2.24) is 9.78 Å². The van der Waals surface area contributed by atoms with E-state index in [1.807, 2.05) is 36.4 Å². The molecule has 0 radical (unpaired) electrons. The summed E-state index contributed by atoms with van der Waals surface area (Å²) in [6.45, 7) is 0. The van der Waals surface area contributed by atoms with Crippen LogP contribution in [0, 0.1) is 0 Å². The average molecular weight is 420 g/mol. The molecule has 7 heteroatoms. The first-order valence-electron chi connectivity index (χ1n) is 9.12. The molecule has 0 amide bonds. The summed E-state index contributed by atoms with van der Waals surface area (Å²) in [5.74, 6) is 1.26. The Morgan fingerprint density at radius 1 is 0.967 bits per heavy atom. The van der Waals surface area contributed by atoms with Crippen LogP contribution in [0.15, 0.2) is 83.8 Å². The molecule has 4 rings (SSSR count). The molecule has 0 saturated heterocycles. The zero-order valence-electron chi connectivity index (χ0n) is 16.1. The van der Waals surface area contributed by atoms with Crippen molar-refractivity contribution in [3.05, 3.63) is 94.4 Å². The van der Waals surface area contributed by atoms with Crippen LogP contribution < -0.4 is 20.8 Å². The van der Waals surface area contributed by atoms with Gasteiger partial charge in [-0.3, -0.25) is 4.79 Å². The van der Waals surface area contributed by atoms with Crippen LogP contribution in [0.25, 0.3) is 16.8 Å². The summed E-state index contributed by atoms with van der Waals surface area (Å²) in [6, 6.07) is 21.8. The van der Waals surface area contributed by atoms with E-state index in [4.69, 9.17) is 26.8 Å². The summed E-state index contributed by atoms with van der Waals surface area (Å²) in [7, 11) is 1.63. The van der Waals surface area contributed by atoms with E-state index in [0.29, 0.717) is 16.5 Å². The molecule has 4 aromatic rings. The van der Waals surface area contributed by atoms with Gasteiger partial charge in [0.2, 0.25) is 5.75 Å². The van der Waals surface area contributed by atoms with Crippen molar-refractivity contribution in [2.24, 2.45) is 0 Å². The number of nitrogens with zero attached hydrogens (tertiary/aromatic N) is 2. The Kier molecular flexibility index (Phi) is 5.41. The highest BCUT2D eigenvalue weighted by Crippen LogP contribution is 2.32. The fraction of sp³-hybridized carbons (Fsp3) is 0.0435. The van der Waals surface area contributed by atoms with Crippen LogP contribution >= 0.6 is 11.6 Å². The van der Waals surface area contributed by atoms with Gasteiger partial charge in [0.25, 0.3) is 0 Å². The topological polar surface area (TPSA) is 79.4 Å². The van der Waals surface area contributed by atoms with E-state index in [0.717, 1.165) is 16.9 Å². The predicted molar refractivity (Wildman–Crippen MR) is 118 cm³/mol. The number of halogens is 1. The van der Waals surface area contributed by atoms with E-state index in [1.165, 1.54) is 10.9 Å². The molecule has 1 heterocycles. The monoisotopic (exact) mass is 419 g/mol. The Balaban J connectivity index is 1.65. The number of anilines is 1. The lowest BCUT2D eigenvalue weighted by atomic mass is 10.0. The van der Waals surface area contributed by atoms with Crippen LogP contribution in [0.4, 0.5) is 5.69 Å². The second kappa shape index (κ2) is 8.31. The Morgan fingerprint density at radius 2 is 1.67 bits per heavy atom. The summed E-state index contributed by atoms with van der Waals surface area (Å²) in [4.78, 5) is 12.9. The van der Waals surface area contributed by atoms with Gasteiger partial charge in [0.15, 0.2) is 0 Å². The summed E-state index contributed by atoms with van der Waals surface area (Å²) >= 11 is 5.92. The fourth-order valence-electron chi connectivity index (χ4n) is 3.02. The Bertz CT molecular complexity index is 1240. The minimum Gasteiger partial charge on any atom is -0.496 e. The number of ether oxygens (including phenoxy) is 2. The Labute approximate surface area is 178 Å². The molecule has 0 spiro atoms. The fourth-order valence-corrected chi connectivity index (χ4v) is 3.15. The second-order valence-corrected chi connectivity index (χ2v) is 6.89. The normalized spacial score (nSPS) is 10.6. The molecule has 30 heavy (non-hydrogen) atoms. The van der Waals surface area contributed by atoms with Crippen molar-refractivity contribution < 1.29 is 9.47 Å². The zero-order valence-corrected chi connectivity index (χ0v) is 16.8. The summed E-state index contributed by atoms with van der Waals surface area (Å²) < 4.78 is 12.4. The van der Waals surface area contributed by atoms with Gasteiger partial charge in [0.05, 0.1) is 19.0 Å². The highest BCUT2D eigenvalue weighted by Gasteiger charge is 2.14. The molecular formula is C23H18ClN3O3. The van der Waals surface area contributed by atoms with Crippen LogP contribution in [-0.2, 0) is 0 Å². The van der Waals surface area contributed by atoms with Gasteiger partial charge in [-0.2, -0.15) is 9.78 Å². The van der Waals surface area contributed by atoms with E-state index in [-0.39, 0.29) is 11.4 Å². The molecule has 0 saturated carbocycles. The first-order valence-corrected chi connectivity index (χ1v) is 9.49. The van der Waals surface area contributed by atoms with Crippen molar-refractivity contribution in [1.29, 1.82) is 0 Å². The van der Waals surface area contributed by atoms with Crippen LogP contribution in [0.3, 0.4) is 0 Å². The van der Waals surface area contributed by atoms with E-state index >= 15 is 0 Å². The minimum absolute atomic E-state index is 0.00462. The van der Waals surface area contributed by atoms with E-state index in [1.54, 1.807) is 43.5 Å². The van der Waals surface area contributed by atoms with Crippen molar-refractivity contribution in [3.63, 3.8) is 0 Å². The van der Waals surface area contributed by atoms with Crippen molar-refractivity contribution in [3.8, 4) is 34.1 Å². The van der Waals surface area contributed by atoms with Crippen molar-refractivity contribution in [2.75, 3.05) is 12.8 Å². The maximum absolute atomic E-state index is 12.9. The van der Waals surface area contributed by atoms with Crippen LogP contribution in [0.1, 0.15) is 0 Å². The molecule has 150 valence electrons. The molecular weight excluding hydrogens is 402 g/mol. The summed E-state index contributed by atoms with van der Waals surface area (Å²) in [5.41, 5.74) is 8.12. The highest BCUT2D eigenvalue weighted by molar-refractivity contribution is 6.30. The van der Waals surface area contributed by atoms with Gasteiger partial charge in [-0.05, 0) is 48.0 Å². The average Bonchev–Trinajstić information content (AvgIpc) is 2.78. The molecule has 0 aliphatic heterocycles.